The molecule has 4 heteroatoms. The zero-order valence-electron chi connectivity index (χ0n) is 21.7. The van der Waals surface area contributed by atoms with Gasteiger partial charge in [-0.15, -0.1) is 0 Å². The van der Waals surface area contributed by atoms with Crippen LogP contribution in [-0.4, -0.2) is 28.8 Å². The van der Waals surface area contributed by atoms with Crippen LogP contribution >= 0.6 is 0 Å². The maximum absolute atomic E-state index is 13.9. The number of aryl methyl sites for hydroxylation is 3. The first kappa shape index (κ1) is 26.2. The number of carbonyl (C=O) groups excluding carboxylic acids is 2. The Bertz CT molecular complexity index is 1140. The van der Waals surface area contributed by atoms with Crippen molar-refractivity contribution in [3.63, 3.8) is 0 Å². The molecule has 3 aromatic carbocycles. The highest BCUT2D eigenvalue weighted by atomic mass is 16.2. The van der Waals surface area contributed by atoms with Crippen LogP contribution < -0.4 is 5.32 Å². The van der Waals surface area contributed by atoms with E-state index in [0.717, 1.165) is 34.2 Å². The largest absolute Gasteiger partial charge is 0.352 e. The number of nitrogens with zero attached hydrogens (tertiary/aromatic N) is 1. The Morgan fingerprint density at radius 1 is 0.829 bits per heavy atom. The van der Waals surface area contributed by atoms with Gasteiger partial charge in [0.15, 0.2) is 0 Å². The molecule has 1 N–H and O–H groups in total. The number of hydrogen-bond acceptors (Lipinski definition) is 2. The van der Waals surface area contributed by atoms with E-state index in [2.05, 4.69) is 31.3 Å². The second kappa shape index (κ2) is 12.3. The fourth-order valence-corrected chi connectivity index (χ4v) is 4.16. The van der Waals surface area contributed by atoms with E-state index in [4.69, 9.17) is 0 Å². The number of carbonyl (C=O) groups is 2. The Hall–Kier alpha value is -3.40. The Morgan fingerprint density at radius 3 is 2.17 bits per heavy atom. The molecule has 0 heterocycles. The molecule has 184 valence electrons. The molecule has 0 spiro atoms. The number of rotatable bonds is 10. The third kappa shape index (κ3) is 7.29. The topological polar surface area (TPSA) is 49.4 Å². The van der Waals surface area contributed by atoms with Crippen molar-refractivity contribution in [1.82, 2.24) is 10.2 Å². The quantitative estimate of drug-likeness (QED) is 0.413. The second-order valence-corrected chi connectivity index (χ2v) is 9.57. The van der Waals surface area contributed by atoms with E-state index >= 15 is 0 Å². The van der Waals surface area contributed by atoms with Crippen LogP contribution in [0.3, 0.4) is 0 Å². The van der Waals surface area contributed by atoms with Crippen molar-refractivity contribution in [2.24, 2.45) is 0 Å². The monoisotopic (exact) mass is 470 g/mol. The van der Waals surface area contributed by atoms with Gasteiger partial charge in [0, 0.05) is 19.0 Å². The van der Waals surface area contributed by atoms with Crippen molar-refractivity contribution < 1.29 is 9.59 Å². The van der Waals surface area contributed by atoms with Gasteiger partial charge in [-0.3, -0.25) is 9.59 Å². The summed E-state index contributed by atoms with van der Waals surface area (Å²) in [6.45, 7) is 10.6. The first-order chi connectivity index (χ1) is 16.8. The zero-order valence-corrected chi connectivity index (χ0v) is 21.7. The van der Waals surface area contributed by atoms with Crippen LogP contribution in [0.4, 0.5) is 0 Å². The van der Waals surface area contributed by atoms with Crippen LogP contribution in [0, 0.1) is 20.8 Å². The summed E-state index contributed by atoms with van der Waals surface area (Å²) in [7, 11) is 0. The maximum Gasteiger partial charge on any atom is 0.243 e. The predicted octanol–water partition coefficient (Wildman–Crippen LogP) is 5.71. The summed E-state index contributed by atoms with van der Waals surface area (Å²) in [5.41, 5.74) is 6.52. The third-order valence-corrected chi connectivity index (χ3v) is 6.80. The van der Waals surface area contributed by atoms with Gasteiger partial charge in [-0.2, -0.15) is 0 Å². The molecule has 0 saturated carbocycles. The fourth-order valence-electron chi connectivity index (χ4n) is 4.16. The highest BCUT2D eigenvalue weighted by Gasteiger charge is 2.31. The molecule has 3 rings (SSSR count). The molecule has 2 atom stereocenters. The van der Waals surface area contributed by atoms with Crippen LogP contribution in [-0.2, 0) is 29.0 Å². The van der Waals surface area contributed by atoms with Crippen molar-refractivity contribution in [2.45, 2.75) is 72.5 Å². The first-order valence-electron chi connectivity index (χ1n) is 12.5. The van der Waals surface area contributed by atoms with Gasteiger partial charge in [-0.1, -0.05) is 79.7 Å². The summed E-state index contributed by atoms with van der Waals surface area (Å²) < 4.78 is 0. The molecule has 3 aromatic rings. The molecule has 0 saturated heterocycles. The van der Waals surface area contributed by atoms with Crippen molar-refractivity contribution in [3.05, 3.63) is 106 Å². The molecular formula is C31H38N2O2. The number of benzene rings is 3. The van der Waals surface area contributed by atoms with Crippen LogP contribution in [0.1, 0.15) is 53.6 Å². The normalized spacial score (nSPS) is 12.6. The van der Waals surface area contributed by atoms with Gasteiger partial charge >= 0.3 is 0 Å². The number of nitrogens with one attached hydrogen (secondary N) is 1. The molecule has 0 aliphatic carbocycles. The summed E-state index contributed by atoms with van der Waals surface area (Å²) in [5, 5.41) is 3.13. The smallest absolute Gasteiger partial charge is 0.243 e. The van der Waals surface area contributed by atoms with E-state index in [1.54, 1.807) is 4.90 Å². The first-order valence-corrected chi connectivity index (χ1v) is 12.5. The lowest BCUT2D eigenvalue weighted by Crippen LogP contribution is -2.52. The molecule has 0 fully saturated rings. The highest BCUT2D eigenvalue weighted by molar-refractivity contribution is 5.89. The molecular weight excluding hydrogens is 432 g/mol. The van der Waals surface area contributed by atoms with Gasteiger partial charge in [0.05, 0.1) is 6.42 Å². The van der Waals surface area contributed by atoms with Gasteiger partial charge in [0.2, 0.25) is 11.8 Å². The molecule has 2 amide bonds. The van der Waals surface area contributed by atoms with E-state index in [9.17, 15) is 9.59 Å². The molecule has 0 aliphatic rings. The Kier molecular flexibility index (Phi) is 9.25. The van der Waals surface area contributed by atoms with Crippen LogP contribution in [0.25, 0.3) is 0 Å². The molecule has 4 nitrogen and oxygen atoms in total. The molecule has 0 radical (unpaired) electrons. The minimum atomic E-state index is -0.606. The van der Waals surface area contributed by atoms with Gasteiger partial charge in [-0.05, 0) is 67.5 Å². The summed E-state index contributed by atoms with van der Waals surface area (Å²) in [6.07, 6.45) is 1.56. The van der Waals surface area contributed by atoms with Crippen LogP contribution in [0.2, 0.25) is 0 Å². The summed E-state index contributed by atoms with van der Waals surface area (Å²) >= 11 is 0. The van der Waals surface area contributed by atoms with Crippen LogP contribution in [0.5, 0.6) is 0 Å². The summed E-state index contributed by atoms with van der Waals surface area (Å²) in [4.78, 5) is 29.2. The summed E-state index contributed by atoms with van der Waals surface area (Å²) in [5.74, 6) is -0.151. The van der Waals surface area contributed by atoms with Crippen LogP contribution in [0.15, 0.2) is 72.8 Å². The minimum absolute atomic E-state index is 0.0379. The fraction of sp³-hybridized carbons (Fsp3) is 0.355. The summed E-state index contributed by atoms with van der Waals surface area (Å²) in [6, 6.07) is 23.6. The maximum atomic E-state index is 13.9. The third-order valence-electron chi connectivity index (χ3n) is 6.80. The van der Waals surface area contributed by atoms with Crippen molar-refractivity contribution >= 4 is 11.8 Å². The lowest BCUT2D eigenvalue weighted by molar-refractivity contribution is -0.141. The second-order valence-electron chi connectivity index (χ2n) is 9.57. The van der Waals surface area contributed by atoms with E-state index in [-0.39, 0.29) is 24.3 Å². The highest BCUT2D eigenvalue weighted by Crippen LogP contribution is 2.19. The average Bonchev–Trinajstić information content (AvgIpc) is 2.85. The Labute approximate surface area is 210 Å². The van der Waals surface area contributed by atoms with Crippen molar-refractivity contribution in [3.8, 4) is 0 Å². The van der Waals surface area contributed by atoms with Crippen molar-refractivity contribution in [2.75, 3.05) is 0 Å². The molecule has 0 aliphatic heterocycles. The van der Waals surface area contributed by atoms with E-state index in [0.29, 0.717) is 13.0 Å². The molecule has 0 aromatic heterocycles. The van der Waals surface area contributed by atoms with Gasteiger partial charge in [0.1, 0.15) is 6.04 Å². The molecule has 0 unspecified atom stereocenters. The van der Waals surface area contributed by atoms with Gasteiger partial charge < -0.3 is 10.2 Å². The average molecular weight is 471 g/mol. The molecule has 35 heavy (non-hydrogen) atoms. The van der Waals surface area contributed by atoms with Crippen molar-refractivity contribution in [1.29, 1.82) is 0 Å². The molecule has 0 bridgehead atoms. The number of amides is 2. The Balaban J connectivity index is 1.99. The standard InChI is InChI=1S/C31H38N2O2/c1-6-25(5)32-31(35)29(19-26-13-8-7-9-14-26)33(21-28-15-11-10-12-23(28)3)30(34)20-27-17-16-22(2)24(4)18-27/h7-18,25,29H,6,19-21H2,1-5H3,(H,32,35)/t25-,29+/m1/s1. The number of hydrogen-bond donors (Lipinski definition) is 1. The lowest BCUT2D eigenvalue weighted by Gasteiger charge is -2.33. The van der Waals surface area contributed by atoms with Gasteiger partial charge in [-0.25, -0.2) is 0 Å². The lowest BCUT2D eigenvalue weighted by atomic mass is 9.99. The zero-order chi connectivity index (χ0) is 25.4. The van der Waals surface area contributed by atoms with E-state index in [1.165, 1.54) is 5.56 Å². The van der Waals surface area contributed by atoms with E-state index in [1.807, 2.05) is 81.4 Å². The SMILES string of the molecule is CC[C@@H](C)NC(=O)[C@H](Cc1ccccc1)N(Cc1ccccc1C)C(=O)Cc1ccc(C)c(C)c1. The van der Waals surface area contributed by atoms with E-state index < -0.39 is 6.04 Å². The predicted molar refractivity (Wildman–Crippen MR) is 143 cm³/mol. The Morgan fingerprint density at radius 2 is 1.51 bits per heavy atom. The minimum Gasteiger partial charge on any atom is -0.352 e. The van der Waals surface area contributed by atoms with Gasteiger partial charge in [0.25, 0.3) is 0 Å².